The van der Waals surface area contributed by atoms with Gasteiger partial charge in [0.05, 0.1) is 6.61 Å². The molecule has 1 aliphatic carbocycles. The van der Waals surface area contributed by atoms with Crippen molar-refractivity contribution in [2.24, 2.45) is 0 Å². The lowest BCUT2D eigenvalue weighted by Crippen LogP contribution is -2.01. The summed E-state index contributed by atoms with van der Waals surface area (Å²) in [5.41, 5.74) is 3.31. The van der Waals surface area contributed by atoms with Crippen LogP contribution >= 0.6 is 0 Å². The van der Waals surface area contributed by atoms with Gasteiger partial charge in [-0.1, -0.05) is 108 Å². The van der Waals surface area contributed by atoms with E-state index in [0.29, 0.717) is 0 Å². The molecule has 2 rings (SSSR count). The second-order valence-corrected chi connectivity index (χ2v) is 9.87. The molecule has 0 bridgehead atoms. The Bertz CT molecular complexity index is 405. The average molecular weight is 417 g/mol. The molecule has 0 aromatic rings. The molecule has 0 fully saturated rings. The Kier molecular flexibility index (Phi) is 16.4. The van der Waals surface area contributed by atoms with Crippen LogP contribution in [0, 0.1) is 0 Å². The maximum absolute atomic E-state index is 6.04. The summed E-state index contributed by atoms with van der Waals surface area (Å²) in [5, 5.41) is 0. The minimum atomic E-state index is 0.920. The highest BCUT2D eigenvalue weighted by atomic mass is 16.5. The Morgan fingerprint density at radius 1 is 0.367 bits per heavy atom. The summed E-state index contributed by atoms with van der Waals surface area (Å²) in [4.78, 5) is 0. The highest BCUT2D eigenvalue weighted by Gasteiger charge is 2.07. The fourth-order valence-corrected chi connectivity index (χ4v) is 5.08. The molecule has 1 aliphatic heterocycles. The van der Waals surface area contributed by atoms with Gasteiger partial charge in [-0.15, -0.1) is 0 Å². The largest absolute Gasteiger partial charge is 0.381 e. The van der Waals surface area contributed by atoms with Gasteiger partial charge in [0, 0.05) is 6.61 Å². The summed E-state index contributed by atoms with van der Waals surface area (Å²) in [6.45, 7) is 1.88. The molecule has 1 heterocycles. The second-order valence-electron chi connectivity index (χ2n) is 9.87. The van der Waals surface area contributed by atoms with Crippen LogP contribution in [0.1, 0.15) is 148 Å². The molecule has 0 amide bonds. The van der Waals surface area contributed by atoms with Crippen molar-refractivity contribution in [1.82, 2.24) is 0 Å². The van der Waals surface area contributed by atoms with Crippen molar-refractivity contribution in [3.8, 4) is 0 Å². The van der Waals surface area contributed by atoms with E-state index in [1.807, 2.05) is 0 Å². The van der Waals surface area contributed by atoms with Crippen LogP contribution in [0.15, 0.2) is 23.3 Å². The third-order valence-electron chi connectivity index (χ3n) is 7.10. The summed E-state index contributed by atoms with van der Waals surface area (Å²) in [5.74, 6) is 0. The molecule has 0 aromatic heterocycles. The molecule has 0 saturated carbocycles. The lowest BCUT2D eigenvalue weighted by Gasteiger charge is -2.14. The van der Waals surface area contributed by atoms with E-state index in [4.69, 9.17) is 4.74 Å². The first-order valence-electron chi connectivity index (χ1n) is 13.9. The number of hydrogen-bond donors (Lipinski definition) is 0. The van der Waals surface area contributed by atoms with Gasteiger partial charge in [-0.05, 0) is 62.5 Å². The van der Waals surface area contributed by atoms with Crippen molar-refractivity contribution in [3.05, 3.63) is 23.3 Å². The zero-order valence-corrected chi connectivity index (χ0v) is 20.2. The van der Waals surface area contributed by atoms with Gasteiger partial charge >= 0.3 is 0 Å². The van der Waals surface area contributed by atoms with Crippen molar-refractivity contribution in [2.45, 2.75) is 148 Å². The minimum absolute atomic E-state index is 0.920. The van der Waals surface area contributed by atoms with Crippen LogP contribution in [0.3, 0.4) is 0 Å². The van der Waals surface area contributed by atoms with E-state index in [0.717, 1.165) is 19.6 Å². The molecular formula is C29H52O. The predicted molar refractivity (Wildman–Crippen MR) is 133 cm³/mol. The average Bonchev–Trinajstić information content (AvgIpc) is 2.77. The van der Waals surface area contributed by atoms with E-state index in [1.54, 1.807) is 11.1 Å². The highest BCUT2D eigenvalue weighted by molar-refractivity contribution is 5.31. The first-order valence-corrected chi connectivity index (χ1v) is 13.9. The number of ether oxygens (including phenoxy) is 1. The fourth-order valence-electron chi connectivity index (χ4n) is 5.08. The van der Waals surface area contributed by atoms with Gasteiger partial charge in [-0.3, -0.25) is 0 Å². The normalized spacial score (nSPS) is 24.3. The molecule has 0 N–H and O–H groups in total. The van der Waals surface area contributed by atoms with Gasteiger partial charge in [-0.2, -0.15) is 0 Å². The molecule has 1 nitrogen and oxygen atoms in total. The van der Waals surface area contributed by atoms with Crippen LogP contribution in [0.25, 0.3) is 0 Å². The standard InChI is InChI=1S/C29H52O/c1-2-4-7-11-15-19-23-28(22-18-14-10-6-3-1)29-24-20-16-12-8-5-9-13-17-21-26-30-27-25-29/h22,24H,1-21,23,25-27H2. The predicted octanol–water partition coefficient (Wildman–Crippen LogP) is 9.86. The van der Waals surface area contributed by atoms with E-state index in [9.17, 15) is 0 Å². The zero-order valence-electron chi connectivity index (χ0n) is 20.2. The van der Waals surface area contributed by atoms with Gasteiger partial charge in [0.15, 0.2) is 0 Å². The number of hydrogen-bond acceptors (Lipinski definition) is 1. The van der Waals surface area contributed by atoms with Crippen LogP contribution in [0.5, 0.6) is 0 Å². The molecule has 174 valence electrons. The monoisotopic (exact) mass is 416 g/mol. The van der Waals surface area contributed by atoms with Crippen molar-refractivity contribution < 1.29 is 4.74 Å². The van der Waals surface area contributed by atoms with E-state index < -0.39 is 0 Å². The molecule has 0 atom stereocenters. The lowest BCUT2D eigenvalue weighted by molar-refractivity contribution is 0.133. The van der Waals surface area contributed by atoms with Crippen LogP contribution < -0.4 is 0 Å². The Balaban J connectivity index is 1.93. The summed E-state index contributed by atoms with van der Waals surface area (Å²) >= 11 is 0. The Labute approximate surface area is 189 Å². The fraction of sp³-hybridized carbons (Fsp3) is 0.862. The molecule has 1 heteroatoms. The van der Waals surface area contributed by atoms with Gasteiger partial charge in [0.2, 0.25) is 0 Å². The van der Waals surface area contributed by atoms with Crippen LogP contribution in [0.4, 0.5) is 0 Å². The van der Waals surface area contributed by atoms with Crippen molar-refractivity contribution in [1.29, 1.82) is 0 Å². The zero-order chi connectivity index (χ0) is 21.0. The van der Waals surface area contributed by atoms with E-state index >= 15 is 0 Å². The number of rotatable bonds is 1. The smallest absolute Gasteiger partial charge is 0.0506 e. The third-order valence-corrected chi connectivity index (χ3v) is 7.10. The van der Waals surface area contributed by atoms with Crippen LogP contribution in [0.2, 0.25) is 0 Å². The Morgan fingerprint density at radius 3 is 1.30 bits per heavy atom. The van der Waals surface area contributed by atoms with E-state index in [-0.39, 0.29) is 0 Å². The minimum Gasteiger partial charge on any atom is -0.381 e. The molecule has 2 aliphatic rings. The molecule has 0 saturated heterocycles. The van der Waals surface area contributed by atoms with Gasteiger partial charge in [-0.25, -0.2) is 0 Å². The number of allylic oxidation sites excluding steroid dienone is 3. The summed E-state index contributed by atoms with van der Waals surface area (Å²) in [6, 6.07) is 0. The van der Waals surface area contributed by atoms with Gasteiger partial charge < -0.3 is 4.74 Å². The lowest BCUT2D eigenvalue weighted by atomic mass is 9.94. The van der Waals surface area contributed by atoms with Crippen molar-refractivity contribution in [2.75, 3.05) is 13.2 Å². The molecule has 0 aromatic carbocycles. The van der Waals surface area contributed by atoms with Crippen LogP contribution in [-0.4, -0.2) is 13.2 Å². The third kappa shape index (κ3) is 13.7. The summed E-state index contributed by atoms with van der Waals surface area (Å²) in [6.07, 6.45) is 37.1. The maximum atomic E-state index is 6.04. The van der Waals surface area contributed by atoms with E-state index in [2.05, 4.69) is 12.2 Å². The van der Waals surface area contributed by atoms with E-state index in [1.165, 1.54) is 141 Å². The quantitative estimate of drug-likeness (QED) is 0.413. The van der Waals surface area contributed by atoms with Crippen LogP contribution in [-0.2, 0) is 4.74 Å². The maximum Gasteiger partial charge on any atom is 0.0506 e. The summed E-state index contributed by atoms with van der Waals surface area (Å²) in [7, 11) is 0. The van der Waals surface area contributed by atoms with Crippen molar-refractivity contribution >= 4 is 0 Å². The highest BCUT2D eigenvalue weighted by Crippen LogP contribution is 2.25. The molecule has 0 radical (unpaired) electrons. The molecule has 30 heavy (non-hydrogen) atoms. The Morgan fingerprint density at radius 2 is 0.767 bits per heavy atom. The SMILES string of the molecule is C1=C(C2=CCCCCCCCCCCOCC2)CCCCCCCCCCCCC1. The summed E-state index contributed by atoms with van der Waals surface area (Å²) < 4.78 is 6.04. The molecule has 0 unspecified atom stereocenters. The van der Waals surface area contributed by atoms with Gasteiger partial charge in [0.1, 0.15) is 0 Å². The van der Waals surface area contributed by atoms with Crippen molar-refractivity contribution in [3.63, 3.8) is 0 Å². The second kappa shape index (κ2) is 19.1. The Hall–Kier alpha value is -0.560. The molecule has 0 spiro atoms. The first kappa shape index (κ1) is 25.7. The molecular weight excluding hydrogens is 364 g/mol. The topological polar surface area (TPSA) is 9.23 Å². The van der Waals surface area contributed by atoms with Gasteiger partial charge in [0.25, 0.3) is 0 Å². The first-order chi connectivity index (χ1) is 15.0.